The van der Waals surface area contributed by atoms with E-state index in [0.717, 1.165) is 64.7 Å². The Hall–Kier alpha value is -2.83. The summed E-state index contributed by atoms with van der Waals surface area (Å²) < 4.78 is 0. The number of carbonyl (C=O) groups is 1. The van der Waals surface area contributed by atoms with Gasteiger partial charge in [0.05, 0.1) is 33.3 Å². The number of benzene rings is 3. The molecule has 0 radical (unpaired) electrons. The summed E-state index contributed by atoms with van der Waals surface area (Å²) >= 11 is 14.2. The molecule has 0 spiro atoms. The van der Waals surface area contributed by atoms with E-state index in [9.17, 15) is 15.0 Å². The number of thioether (sulfide) groups is 1. The summed E-state index contributed by atoms with van der Waals surface area (Å²) in [4.78, 5) is 16.2. The first-order valence-corrected chi connectivity index (χ1v) is 16.0. The average molecular weight is 621 g/mol. The molecule has 0 saturated heterocycles. The number of hydrogen-bond donors (Lipinski definition) is 2. The van der Waals surface area contributed by atoms with Crippen molar-refractivity contribution in [1.82, 2.24) is 4.98 Å². The van der Waals surface area contributed by atoms with Crippen LogP contribution in [0.25, 0.3) is 23.1 Å². The smallest absolute Gasteiger partial charge is 0.303 e. The third-order valence-electron chi connectivity index (χ3n) is 7.91. The lowest BCUT2D eigenvalue weighted by Crippen LogP contribution is -2.18. The van der Waals surface area contributed by atoms with Crippen molar-refractivity contribution < 1.29 is 15.0 Å². The second kappa shape index (κ2) is 12.8. The van der Waals surface area contributed by atoms with Crippen molar-refractivity contribution >= 4 is 64.0 Å². The third-order valence-corrected chi connectivity index (χ3v) is 10.3. The van der Waals surface area contributed by atoms with E-state index in [0.29, 0.717) is 10.0 Å². The molecule has 42 heavy (non-hydrogen) atoms. The number of aliphatic hydroxyl groups is 1. The SMILES string of the molecule is CC(C)(O)c1ccccc1CCC(SCC1(CC(=O)O)CC1)c1cccc(/C=C/c2ccc3cc(Cl)c(Cl)cc3n2)c1. The van der Waals surface area contributed by atoms with Gasteiger partial charge in [0.25, 0.3) is 0 Å². The highest BCUT2D eigenvalue weighted by atomic mass is 35.5. The third kappa shape index (κ3) is 7.76. The van der Waals surface area contributed by atoms with Crippen LogP contribution in [0.5, 0.6) is 0 Å². The van der Waals surface area contributed by atoms with Gasteiger partial charge in [0, 0.05) is 16.4 Å². The van der Waals surface area contributed by atoms with Crippen LogP contribution in [0.4, 0.5) is 0 Å². The fraction of sp³-hybridized carbons (Fsp3) is 0.314. The van der Waals surface area contributed by atoms with Crippen molar-refractivity contribution in [2.24, 2.45) is 5.41 Å². The predicted octanol–water partition coefficient (Wildman–Crippen LogP) is 9.60. The molecule has 4 nitrogen and oxygen atoms in total. The number of nitrogens with zero attached hydrogens (tertiary/aromatic N) is 1. The first kappa shape index (κ1) is 30.6. The van der Waals surface area contributed by atoms with Gasteiger partial charge in [-0.15, -0.1) is 0 Å². The predicted molar refractivity (Wildman–Crippen MR) is 176 cm³/mol. The number of pyridine rings is 1. The maximum atomic E-state index is 11.5. The molecule has 3 aromatic carbocycles. The first-order chi connectivity index (χ1) is 20.0. The highest BCUT2D eigenvalue weighted by molar-refractivity contribution is 7.99. The van der Waals surface area contributed by atoms with Crippen LogP contribution in [0.3, 0.4) is 0 Å². The lowest BCUT2D eigenvalue weighted by molar-refractivity contribution is -0.138. The van der Waals surface area contributed by atoms with E-state index in [1.807, 2.05) is 68.1 Å². The minimum Gasteiger partial charge on any atom is -0.481 e. The van der Waals surface area contributed by atoms with Gasteiger partial charge in [-0.1, -0.05) is 83.9 Å². The number of carboxylic acid groups (broad SMARTS) is 1. The Morgan fingerprint density at radius 3 is 2.52 bits per heavy atom. The molecule has 1 heterocycles. The summed E-state index contributed by atoms with van der Waals surface area (Å²) in [6, 6.07) is 24.2. The summed E-state index contributed by atoms with van der Waals surface area (Å²) in [7, 11) is 0. The van der Waals surface area contributed by atoms with Gasteiger partial charge in [-0.3, -0.25) is 4.79 Å². The zero-order valence-corrected chi connectivity index (χ0v) is 26.1. The van der Waals surface area contributed by atoms with E-state index >= 15 is 0 Å². The van der Waals surface area contributed by atoms with Crippen LogP contribution < -0.4 is 0 Å². The summed E-state index contributed by atoms with van der Waals surface area (Å²) in [5.41, 5.74) is 4.97. The van der Waals surface area contributed by atoms with Gasteiger partial charge < -0.3 is 10.2 Å². The molecule has 7 heteroatoms. The minimum atomic E-state index is -0.919. The summed E-state index contributed by atoms with van der Waals surface area (Å²) in [5, 5.41) is 22.3. The monoisotopic (exact) mass is 619 g/mol. The number of aryl methyl sites for hydroxylation is 1. The summed E-state index contributed by atoms with van der Waals surface area (Å²) in [6.07, 6.45) is 7.93. The first-order valence-electron chi connectivity index (χ1n) is 14.2. The molecule has 1 aromatic heterocycles. The van der Waals surface area contributed by atoms with Crippen molar-refractivity contribution in [3.8, 4) is 0 Å². The second-order valence-electron chi connectivity index (χ2n) is 11.8. The van der Waals surface area contributed by atoms with Crippen LogP contribution in [0.2, 0.25) is 10.0 Å². The molecule has 1 unspecified atom stereocenters. The molecule has 0 aliphatic heterocycles. The van der Waals surface area contributed by atoms with Gasteiger partial charge in [0.1, 0.15) is 0 Å². The molecular formula is C35H35Cl2NO3S. The summed E-state index contributed by atoms with van der Waals surface area (Å²) in [6.45, 7) is 3.65. The molecule has 1 saturated carbocycles. The van der Waals surface area contributed by atoms with E-state index in [4.69, 9.17) is 28.2 Å². The van der Waals surface area contributed by atoms with Gasteiger partial charge in [-0.2, -0.15) is 11.8 Å². The molecule has 218 valence electrons. The molecule has 5 rings (SSSR count). The maximum Gasteiger partial charge on any atom is 0.303 e. The second-order valence-corrected chi connectivity index (χ2v) is 13.8. The minimum absolute atomic E-state index is 0.0911. The topological polar surface area (TPSA) is 70.4 Å². The normalized spacial score (nSPS) is 15.3. The Bertz CT molecular complexity index is 1620. The van der Waals surface area contributed by atoms with Gasteiger partial charge >= 0.3 is 5.97 Å². The van der Waals surface area contributed by atoms with E-state index in [1.165, 1.54) is 5.56 Å². The molecule has 1 fully saturated rings. The number of rotatable bonds is 12. The molecule has 0 amide bonds. The van der Waals surface area contributed by atoms with Gasteiger partial charge in [0.2, 0.25) is 0 Å². The van der Waals surface area contributed by atoms with Crippen molar-refractivity contribution in [3.63, 3.8) is 0 Å². The molecule has 2 N–H and O–H groups in total. The lowest BCUT2D eigenvalue weighted by Gasteiger charge is -2.24. The standard InChI is InChI=1S/C35H35Cl2NO3S/c1-34(2,41)28-9-4-3-7-24(28)12-15-32(42-22-35(16-17-35)21-33(39)40)26-8-5-6-23(18-26)10-13-27-14-11-25-19-29(36)30(37)20-31(25)38-27/h3-11,13-14,18-20,32,41H,12,15-17,21-22H2,1-2H3,(H,39,40)/b13-10+. The molecule has 1 aliphatic carbocycles. The maximum absolute atomic E-state index is 11.5. The highest BCUT2D eigenvalue weighted by Crippen LogP contribution is 2.53. The van der Waals surface area contributed by atoms with Crippen molar-refractivity contribution in [2.75, 3.05) is 5.75 Å². The Balaban J connectivity index is 1.37. The molecule has 1 aliphatic rings. The molecule has 1 atom stereocenters. The highest BCUT2D eigenvalue weighted by Gasteiger charge is 2.44. The molecule has 4 aromatic rings. The number of fused-ring (bicyclic) bond motifs is 1. The molecular weight excluding hydrogens is 585 g/mol. The quantitative estimate of drug-likeness (QED) is 0.165. The van der Waals surface area contributed by atoms with Crippen LogP contribution in [-0.4, -0.2) is 26.9 Å². The molecule has 0 bridgehead atoms. The van der Waals surface area contributed by atoms with E-state index in [-0.39, 0.29) is 17.1 Å². The lowest BCUT2D eigenvalue weighted by atomic mass is 9.90. The van der Waals surface area contributed by atoms with Crippen LogP contribution in [-0.2, 0) is 16.8 Å². The largest absolute Gasteiger partial charge is 0.481 e. The van der Waals surface area contributed by atoms with Crippen molar-refractivity contribution in [2.45, 2.75) is 56.8 Å². The zero-order valence-electron chi connectivity index (χ0n) is 23.8. The van der Waals surface area contributed by atoms with Gasteiger partial charge in [0.15, 0.2) is 0 Å². The Morgan fingerprint density at radius 1 is 1.02 bits per heavy atom. The Labute approximate surface area is 261 Å². The Morgan fingerprint density at radius 2 is 1.79 bits per heavy atom. The van der Waals surface area contributed by atoms with Crippen LogP contribution in [0.15, 0.2) is 72.8 Å². The average Bonchev–Trinajstić information content (AvgIpc) is 3.71. The van der Waals surface area contributed by atoms with Gasteiger partial charge in [-0.25, -0.2) is 4.98 Å². The van der Waals surface area contributed by atoms with Crippen LogP contribution >= 0.6 is 35.0 Å². The van der Waals surface area contributed by atoms with Crippen LogP contribution in [0, 0.1) is 5.41 Å². The number of aliphatic carboxylic acids is 1. The van der Waals surface area contributed by atoms with E-state index in [2.05, 4.69) is 36.4 Å². The Kier molecular flexibility index (Phi) is 9.34. The fourth-order valence-electron chi connectivity index (χ4n) is 5.39. The zero-order chi connectivity index (χ0) is 29.9. The van der Waals surface area contributed by atoms with E-state index in [1.54, 1.807) is 6.07 Å². The van der Waals surface area contributed by atoms with Gasteiger partial charge in [-0.05, 0) is 91.5 Å². The van der Waals surface area contributed by atoms with Crippen molar-refractivity contribution in [1.29, 1.82) is 0 Å². The number of halogens is 2. The van der Waals surface area contributed by atoms with Crippen molar-refractivity contribution in [3.05, 3.63) is 111 Å². The van der Waals surface area contributed by atoms with Crippen LogP contribution in [0.1, 0.15) is 72.7 Å². The van der Waals surface area contributed by atoms with E-state index < -0.39 is 11.6 Å². The number of hydrogen-bond acceptors (Lipinski definition) is 4. The fourth-order valence-corrected chi connectivity index (χ4v) is 7.29. The summed E-state index contributed by atoms with van der Waals surface area (Å²) in [5.74, 6) is 0.105. The number of carboxylic acids is 1. The number of aromatic nitrogens is 1.